The molecule has 0 aliphatic heterocycles. The van der Waals surface area contributed by atoms with E-state index in [1.54, 1.807) is 11.1 Å². The van der Waals surface area contributed by atoms with Gasteiger partial charge < -0.3 is 0 Å². The van der Waals surface area contributed by atoms with Gasteiger partial charge in [-0.2, -0.15) is 0 Å². The summed E-state index contributed by atoms with van der Waals surface area (Å²) in [5.74, 6) is 3.05. The Hall–Kier alpha value is -0.780. The van der Waals surface area contributed by atoms with Gasteiger partial charge in [-0.05, 0) is 114 Å². The zero-order valence-electron chi connectivity index (χ0n) is 22.0. The summed E-state index contributed by atoms with van der Waals surface area (Å²) in [7, 11) is 0. The molecule has 4 aliphatic rings. The zero-order valence-corrected chi connectivity index (χ0v) is 22.0. The van der Waals surface area contributed by atoms with E-state index in [4.69, 9.17) is 0 Å². The Morgan fingerprint density at radius 2 is 1.77 bits per heavy atom. The molecule has 2 fully saturated rings. The third kappa shape index (κ3) is 3.36. The summed E-state index contributed by atoms with van der Waals surface area (Å²) in [5.41, 5.74) is 6.75. The predicted molar refractivity (Wildman–Crippen MR) is 136 cm³/mol. The van der Waals surface area contributed by atoms with Gasteiger partial charge in [0.15, 0.2) is 0 Å². The molecule has 31 heavy (non-hydrogen) atoms. The van der Waals surface area contributed by atoms with Crippen LogP contribution in [0.3, 0.4) is 0 Å². The molecule has 0 nitrogen and oxygen atoms in total. The van der Waals surface area contributed by atoms with Gasteiger partial charge in [-0.25, -0.2) is 0 Å². The van der Waals surface area contributed by atoms with E-state index in [-0.39, 0.29) is 0 Å². The number of fused-ring (bicyclic) bond motifs is 5. The summed E-state index contributed by atoms with van der Waals surface area (Å²) >= 11 is 0. The maximum Gasteiger partial charge on any atom is -0.00392 e. The molecule has 5 unspecified atom stereocenters. The first-order valence-electron chi connectivity index (χ1n) is 13.5. The second-order valence-electron chi connectivity index (χ2n) is 13.7. The predicted octanol–water partition coefficient (Wildman–Crippen LogP) is 9.53. The van der Waals surface area contributed by atoms with Crippen molar-refractivity contribution in [1.29, 1.82) is 0 Å². The summed E-state index contributed by atoms with van der Waals surface area (Å²) in [6.45, 7) is 24.5. The zero-order chi connectivity index (χ0) is 22.8. The Morgan fingerprint density at radius 3 is 2.45 bits per heavy atom. The lowest BCUT2D eigenvalue weighted by atomic mass is 9.45. The number of hydrogen-bond donors (Lipinski definition) is 0. The van der Waals surface area contributed by atoms with Crippen LogP contribution in [0.2, 0.25) is 0 Å². The van der Waals surface area contributed by atoms with Crippen molar-refractivity contribution in [2.45, 2.75) is 113 Å². The van der Waals surface area contributed by atoms with E-state index in [1.807, 2.05) is 0 Å². The minimum absolute atomic E-state index is 0.398. The molecule has 0 radical (unpaired) electrons. The van der Waals surface area contributed by atoms with Gasteiger partial charge in [0.2, 0.25) is 0 Å². The molecule has 0 bridgehead atoms. The Bertz CT molecular complexity index is 791. The molecule has 0 saturated heterocycles. The highest BCUT2D eigenvalue weighted by Crippen LogP contribution is 2.70. The van der Waals surface area contributed by atoms with Gasteiger partial charge in [0.05, 0.1) is 0 Å². The normalized spacial score (nSPS) is 43.6. The Morgan fingerprint density at radius 1 is 1.06 bits per heavy atom. The van der Waals surface area contributed by atoms with E-state index < -0.39 is 0 Å². The van der Waals surface area contributed by atoms with E-state index in [2.05, 4.69) is 74.1 Å². The number of rotatable bonds is 5. The molecule has 0 amide bonds. The third-order valence-corrected chi connectivity index (χ3v) is 11.8. The largest absolute Gasteiger partial charge is 0.0996 e. The molecule has 0 aromatic rings. The van der Waals surface area contributed by atoms with Gasteiger partial charge in [0.1, 0.15) is 0 Å². The van der Waals surface area contributed by atoms with Gasteiger partial charge in [0.25, 0.3) is 0 Å². The van der Waals surface area contributed by atoms with Gasteiger partial charge in [-0.15, -0.1) is 0 Å². The summed E-state index contributed by atoms with van der Waals surface area (Å²) in [6.07, 6.45) is 17.6. The minimum Gasteiger partial charge on any atom is -0.0996 e. The van der Waals surface area contributed by atoms with Gasteiger partial charge in [-0.1, -0.05) is 79.7 Å². The van der Waals surface area contributed by atoms with Crippen LogP contribution in [0.15, 0.2) is 35.5 Å². The second-order valence-corrected chi connectivity index (χ2v) is 13.7. The summed E-state index contributed by atoms with van der Waals surface area (Å²) in [5, 5.41) is 0. The van der Waals surface area contributed by atoms with Gasteiger partial charge >= 0.3 is 0 Å². The van der Waals surface area contributed by atoms with Crippen molar-refractivity contribution in [3.05, 3.63) is 35.5 Å². The van der Waals surface area contributed by atoms with Crippen LogP contribution in [0.4, 0.5) is 0 Å². The maximum absolute atomic E-state index is 4.34. The molecule has 0 aromatic carbocycles. The quantitative estimate of drug-likeness (QED) is 0.387. The maximum atomic E-state index is 4.34. The van der Waals surface area contributed by atoms with Crippen LogP contribution >= 0.6 is 0 Å². The van der Waals surface area contributed by atoms with E-state index in [0.717, 1.165) is 17.8 Å². The minimum atomic E-state index is 0.398. The van der Waals surface area contributed by atoms with E-state index in [9.17, 15) is 0 Å². The number of allylic oxidation sites excluding steroid dienone is 5. The summed E-state index contributed by atoms with van der Waals surface area (Å²) in [4.78, 5) is 0. The smallest absolute Gasteiger partial charge is 0.00392 e. The Balaban J connectivity index is 1.59. The fourth-order valence-electron chi connectivity index (χ4n) is 8.57. The molecule has 0 aromatic heterocycles. The molecule has 0 N–H and O–H groups in total. The lowest BCUT2D eigenvalue weighted by molar-refractivity contribution is -0.0244. The molecule has 6 atom stereocenters. The van der Waals surface area contributed by atoms with Crippen molar-refractivity contribution >= 4 is 0 Å². The van der Waals surface area contributed by atoms with Crippen LogP contribution in [0.25, 0.3) is 0 Å². The van der Waals surface area contributed by atoms with Crippen LogP contribution in [0.5, 0.6) is 0 Å². The third-order valence-electron chi connectivity index (χ3n) is 11.8. The SMILES string of the molecule is C=C(CCC[C@@]1(C)CCC2C3=CCC4C(C)(CCC(C)C4(C)C)C3=CCC21C)C(C)C. The van der Waals surface area contributed by atoms with E-state index in [0.29, 0.717) is 27.6 Å². The molecular weight excluding hydrogens is 372 g/mol. The average Bonchev–Trinajstić information content (AvgIpc) is 2.96. The van der Waals surface area contributed by atoms with Crippen molar-refractivity contribution in [3.8, 4) is 0 Å². The highest BCUT2D eigenvalue weighted by molar-refractivity contribution is 5.47. The molecular formula is C31H50. The monoisotopic (exact) mass is 422 g/mol. The molecule has 0 spiro atoms. The van der Waals surface area contributed by atoms with Crippen LogP contribution in [0.1, 0.15) is 113 Å². The van der Waals surface area contributed by atoms with Crippen molar-refractivity contribution in [3.63, 3.8) is 0 Å². The second kappa shape index (κ2) is 7.63. The van der Waals surface area contributed by atoms with Crippen LogP contribution in [0, 0.1) is 45.3 Å². The molecule has 4 aliphatic carbocycles. The van der Waals surface area contributed by atoms with Crippen molar-refractivity contribution in [1.82, 2.24) is 0 Å². The van der Waals surface area contributed by atoms with Crippen LogP contribution < -0.4 is 0 Å². The first kappa shape index (κ1) is 23.4. The lowest BCUT2D eigenvalue weighted by Crippen LogP contribution is -2.51. The molecule has 174 valence electrons. The molecule has 4 rings (SSSR count). The van der Waals surface area contributed by atoms with E-state index >= 15 is 0 Å². The highest BCUT2D eigenvalue weighted by Gasteiger charge is 2.60. The first-order chi connectivity index (χ1) is 14.4. The fourth-order valence-corrected chi connectivity index (χ4v) is 8.57. The summed E-state index contributed by atoms with van der Waals surface area (Å²) < 4.78 is 0. The number of hydrogen-bond acceptors (Lipinski definition) is 0. The van der Waals surface area contributed by atoms with Crippen molar-refractivity contribution < 1.29 is 0 Å². The van der Waals surface area contributed by atoms with Crippen molar-refractivity contribution in [2.24, 2.45) is 45.3 Å². The van der Waals surface area contributed by atoms with Gasteiger partial charge in [0, 0.05) is 0 Å². The van der Waals surface area contributed by atoms with Crippen molar-refractivity contribution in [2.75, 3.05) is 0 Å². The highest BCUT2D eigenvalue weighted by atomic mass is 14.6. The Labute approximate surface area is 194 Å². The first-order valence-corrected chi connectivity index (χ1v) is 13.5. The summed E-state index contributed by atoms with van der Waals surface area (Å²) in [6, 6.07) is 0. The Kier molecular flexibility index (Phi) is 5.76. The fraction of sp³-hybridized carbons (Fsp3) is 0.806. The van der Waals surface area contributed by atoms with E-state index in [1.165, 1.54) is 63.4 Å². The van der Waals surface area contributed by atoms with Crippen LogP contribution in [-0.4, -0.2) is 0 Å². The molecule has 0 heterocycles. The van der Waals surface area contributed by atoms with Gasteiger partial charge in [-0.3, -0.25) is 0 Å². The molecule has 2 saturated carbocycles. The average molecular weight is 423 g/mol. The van der Waals surface area contributed by atoms with Crippen LogP contribution in [-0.2, 0) is 0 Å². The standard InChI is InChI=1S/C31H50/c1-21(2)22(3)11-10-17-29(7)18-15-26-24-12-13-27-28(5,6)23(4)14-19-30(27,8)25(24)16-20-31(26,29)9/h12,16,21,23,26-27H,3,10-11,13-15,17-20H2,1-2,4-9H3/t23?,26?,27?,29-,30?,31?/m0/s1. The topological polar surface area (TPSA) is 0 Å². The molecule has 0 heteroatoms. The lowest BCUT2D eigenvalue weighted by Gasteiger charge is -2.60.